The molecule has 1 atom stereocenters. The zero-order valence-corrected chi connectivity index (χ0v) is 14.3. The van der Waals surface area contributed by atoms with Crippen LogP contribution in [0.3, 0.4) is 0 Å². The summed E-state index contributed by atoms with van der Waals surface area (Å²) >= 11 is 0.933. The maximum absolute atomic E-state index is 13.3. The molecular weight excluding hydrogens is 426 g/mol. The van der Waals surface area contributed by atoms with Crippen LogP contribution < -0.4 is 9.47 Å². The van der Waals surface area contributed by atoms with E-state index in [0.29, 0.717) is 0 Å². The molecule has 0 N–H and O–H groups in total. The number of aromatic nitrogens is 2. The van der Waals surface area contributed by atoms with E-state index in [2.05, 4.69) is 30.4 Å². The number of benzene rings is 1. The van der Waals surface area contributed by atoms with Gasteiger partial charge in [-0.15, -0.1) is 0 Å². The Morgan fingerprint density at radius 1 is 1.21 bits per heavy atom. The fraction of sp³-hybridized carbons (Fsp3) is 0.364. The molecule has 0 amide bonds. The van der Waals surface area contributed by atoms with Crippen molar-refractivity contribution in [1.82, 2.24) is 14.0 Å². The van der Waals surface area contributed by atoms with E-state index in [0.717, 1.165) is 21.2 Å². The van der Waals surface area contributed by atoms with Crippen molar-refractivity contribution in [3.8, 4) is 11.5 Å². The molecule has 0 bridgehead atoms. The third-order valence-corrected chi connectivity index (χ3v) is 4.68. The van der Waals surface area contributed by atoms with Gasteiger partial charge in [-0.25, -0.2) is 13.2 Å². The minimum atomic E-state index is -4.85. The van der Waals surface area contributed by atoms with Crippen LogP contribution in [-0.2, 0) is 15.6 Å². The number of hydrogen-bond donors (Lipinski definition) is 0. The average Bonchev–Trinajstić information content (AvgIpc) is 2.71. The number of hydrogen-bond acceptors (Lipinski definition) is 6. The van der Waals surface area contributed by atoms with Crippen LogP contribution in [0.1, 0.15) is 0 Å². The Labute approximate surface area is 143 Å². The summed E-state index contributed by atoms with van der Waals surface area (Å²) < 4.78 is 79.2. The van der Waals surface area contributed by atoms with Crippen molar-refractivity contribution in [3.05, 3.63) is 16.9 Å². The lowest BCUT2D eigenvalue weighted by Gasteiger charge is -2.31. The minimum Gasteiger partial charge on any atom is -0.421 e. The van der Waals surface area contributed by atoms with E-state index in [-0.39, 0.29) is 15.8 Å². The molecule has 13 heteroatoms. The van der Waals surface area contributed by atoms with Crippen molar-refractivity contribution in [3.63, 3.8) is 0 Å². The van der Waals surface area contributed by atoms with Gasteiger partial charge in [-0.2, -0.15) is 26.9 Å². The van der Waals surface area contributed by atoms with Crippen LogP contribution >= 0.6 is 15.9 Å². The highest BCUT2D eigenvalue weighted by atomic mass is 79.9. The topological polar surface area (TPSA) is 65.8 Å². The van der Waals surface area contributed by atoms with E-state index in [1.54, 1.807) is 0 Å². The van der Waals surface area contributed by atoms with Gasteiger partial charge in [0.2, 0.25) is 0 Å². The summed E-state index contributed by atoms with van der Waals surface area (Å²) in [6.07, 6.45) is -9.68. The first-order chi connectivity index (χ1) is 11.0. The van der Waals surface area contributed by atoms with E-state index in [1.165, 1.54) is 14.1 Å². The Balaban J connectivity index is 2.13. The van der Waals surface area contributed by atoms with Crippen LogP contribution in [0.2, 0.25) is 0 Å². The molecule has 1 aromatic heterocycles. The summed E-state index contributed by atoms with van der Waals surface area (Å²) in [5, 5.41) is 1.15. The summed E-state index contributed by atoms with van der Waals surface area (Å²) in [6, 6.07) is 1.93. The molecule has 0 aliphatic carbocycles. The zero-order chi connectivity index (χ0) is 17.9. The number of ether oxygens (including phenoxy) is 2. The van der Waals surface area contributed by atoms with Gasteiger partial charge in [-0.1, -0.05) is 0 Å². The number of halogens is 5. The first-order valence-corrected chi connectivity index (χ1v) is 7.98. The maximum atomic E-state index is 13.3. The summed E-state index contributed by atoms with van der Waals surface area (Å²) in [5.41, 5.74) is 0.103. The molecule has 1 aromatic carbocycles. The standard InChI is InChI=1S/C11H8BrF4N3O4S/c1-18(2)23-24(20)19-6-4-8-7(3-5(6)17-9(19)12)21-10(13,14)11(15,16)22-8/h3-4H,1-2H3. The van der Waals surface area contributed by atoms with Crippen molar-refractivity contribution >= 4 is 38.2 Å². The third kappa shape index (κ3) is 2.74. The lowest BCUT2D eigenvalue weighted by atomic mass is 10.2. The Morgan fingerprint density at radius 2 is 1.75 bits per heavy atom. The van der Waals surface area contributed by atoms with Crippen molar-refractivity contribution in [2.24, 2.45) is 0 Å². The molecule has 0 radical (unpaired) electrons. The molecule has 0 fully saturated rings. The SMILES string of the molecule is CN(C)OS(=O)n1c(Br)nc2cc3c(cc21)OC(F)(F)C(F)(F)O3. The first-order valence-electron chi connectivity index (χ1n) is 6.15. The minimum absolute atomic E-state index is 0.0264. The predicted molar refractivity (Wildman–Crippen MR) is 76.9 cm³/mol. The number of rotatable bonds is 3. The fourth-order valence-corrected chi connectivity index (χ4v) is 3.42. The largest absolute Gasteiger partial charge is 0.507 e. The lowest BCUT2D eigenvalue weighted by Crippen LogP contribution is -2.52. The van der Waals surface area contributed by atoms with E-state index in [4.69, 9.17) is 4.28 Å². The van der Waals surface area contributed by atoms with Crippen LogP contribution in [0.5, 0.6) is 11.5 Å². The highest BCUT2D eigenvalue weighted by molar-refractivity contribution is 9.10. The van der Waals surface area contributed by atoms with Crippen LogP contribution in [0.4, 0.5) is 17.6 Å². The molecule has 1 aliphatic rings. The number of alkyl halides is 4. The normalized spacial score (nSPS) is 19.7. The maximum Gasteiger partial charge on any atom is 0.507 e. The van der Waals surface area contributed by atoms with Gasteiger partial charge in [0, 0.05) is 26.2 Å². The molecule has 3 rings (SSSR count). The second-order valence-corrected chi connectivity index (χ2v) is 6.46. The van der Waals surface area contributed by atoms with Gasteiger partial charge < -0.3 is 9.47 Å². The summed E-state index contributed by atoms with van der Waals surface area (Å²) in [5.74, 6) is -1.26. The van der Waals surface area contributed by atoms with Gasteiger partial charge in [0.1, 0.15) is 0 Å². The van der Waals surface area contributed by atoms with Gasteiger partial charge in [-0.3, -0.25) is 0 Å². The molecule has 0 saturated heterocycles. The van der Waals surface area contributed by atoms with Crippen LogP contribution in [0.15, 0.2) is 16.9 Å². The number of imidazole rings is 1. The van der Waals surface area contributed by atoms with E-state index in [1.807, 2.05) is 0 Å². The summed E-state index contributed by atoms with van der Waals surface area (Å²) in [4.78, 5) is 3.95. The van der Waals surface area contributed by atoms with Gasteiger partial charge in [-0.05, 0) is 15.9 Å². The number of fused-ring (bicyclic) bond motifs is 2. The summed E-state index contributed by atoms with van der Waals surface area (Å²) in [6.45, 7) is 0. The highest BCUT2D eigenvalue weighted by Crippen LogP contribution is 2.48. The molecule has 2 heterocycles. The van der Waals surface area contributed by atoms with Crippen molar-refractivity contribution in [2.45, 2.75) is 12.2 Å². The van der Waals surface area contributed by atoms with Gasteiger partial charge in [0.05, 0.1) is 11.0 Å². The van der Waals surface area contributed by atoms with Crippen molar-refractivity contribution in [1.29, 1.82) is 0 Å². The zero-order valence-electron chi connectivity index (χ0n) is 11.9. The van der Waals surface area contributed by atoms with Gasteiger partial charge in [0.15, 0.2) is 16.2 Å². The monoisotopic (exact) mass is 433 g/mol. The first kappa shape index (κ1) is 17.4. The Bertz CT molecular complexity index is 844. The molecule has 2 aromatic rings. The van der Waals surface area contributed by atoms with E-state index < -0.39 is 35.0 Å². The second kappa shape index (κ2) is 5.54. The average molecular weight is 434 g/mol. The van der Waals surface area contributed by atoms with Crippen molar-refractivity contribution < 1.29 is 35.5 Å². The molecule has 132 valence electrons. The molecule has 0 saturated carbocycles. The fourth-order valence-electron chi connectivity index (χ4n) is 1.89. The number of hydroxylamine groups is 2. The summed E-state index contributed by atoms with van der Waals surface area (Å²) in [7, 11) is 2.96. The molecule has 0 spiro atoms. The Morgan fingerprint density at radius 3 is 2.29 bits per heavy atom. The van der Waals surface area contributed by atoms with Gasteiger partial charge >= 0.3 is 12.2 Å². The molecule has 7 nitrogen and oxygen atoms in total. The second-order valence-electron chi connectivity index (χ2n) is 4.80. The van der Waals surface area contributed by atoms with Crippen molar-refractivity contribution in [2.75, 3.05) is 14.1 Å². The van der Waals surface area contributed by atoms with Gasteiger partial charge in [0.25, 0.3) is 11.3 Å². The van der Waals surface area contributed by atoms with E-state index in [9.17, 15) is 21.8 Å². The van der Waals surface area contributed by atoms with Crippen LogP contribution in [0.25, 0.3) is 11.0 Å². The lowest BCUT2D eigenvalue weighted by molar-refractivity contribution is -0.391. The highest BCUT2D eigenvalue weighted by Gasteiger charge is 2.66. The smallest absolute Gasteiger partial charge is 0.421 e. The predicted octanol–water partition coefficient (Wildman–Crippen LogP) is 2.68. The molecule has 1 aliphatic heterocycles. The van der Waals surface area contributed by atoms with E-state index >= 15 is 0 Å². The molecule has 24 heavy (non-hydrogen) atoms. The number of nitrogens with zero attached hydrogens (tertiary/aromatic N) is 3. The molecule has 1 unspecified atom stereocenters. The third-order valence-electron chi connectivity index (χ3n) is 2.82. The quantitative estimate of drug-likeness (QED) is 0.547. The van der Waals surface area contributed by atoms with Crippen LogP contribution in [-0.4, -0.2) is 44.5 Å². The van der Waals surface area contributed by atoms with Crippen LogP contribution in [0, 0.1) is 0 Å². The Kier molecular flexibility index (Phi) is 4.01. The Hall–Kier alpha value is -1.44. The molecular formula is C11H8BrF4N3O4S.